The van der Waals surface area contributed by atoms with Crippen LogP contribution in [0, 0.1) is 5.82 Å². The van der Waals surface area contributed by atoms with Gasteiger partial charge < -0.3 is 5.32 Å². The number of amides is 1. The summed E-state index contributed by atoms with van der Waals surface area (Å²) in [4.78, 5) is 12.6. The Morgan fingerprint density at radius 3 is 2.48 bits per heavy atom. The highest BCUT2D eigenvalue weighted by Gasteiger charge is 2.17. The molecule has 0 fully saturated rings. The Morgan fingerprint density at radius 1 is 1.11 bits per heavy atom. The summed E-state index contributed by atoms with van der Waals surface area (Å²) in [6.07, 6.45) is 3.88. The molecule has 0 saturated carbocycles. The summed E-state index contributed by atoms with van der Waals surface area (Å²) in [6.45, 7) is 2.54. The van der Waals surface area contributed by atoms with Crippen LogP contribution < -0.4 is 5.32 Å². The van der Waals surface area contributed by atoms with Crippen LogP contribution in [0.15, 0.2) is 54.7 Å². The van der Waals surface area contributed by atoms with Crippen molar-refractivity contribution in [3.8, 4) is 5.69 Å². The lowest BCUT2D eigenvalue weighted by Gasteiger charge is -2.10. The number of nitrogens with zero attached hydrogens (tertiary/aromatic N) is 2. The van der Waals surface area contributed by atoms with Crippen LogP contribution >= 0.6 is 11.6 Å². The number of nitrogens with one attached hydrogen (secondary N) is 1. The Labute approximate surface area is 163 Å². The second kappa shape index (κ2) is 8.82. The number of halogens is 2. The molecule has 1 aromatic heterocycles. The van der Waals surface area contributed by atoms with Crippen LogP contribution in [0.3, 0.4) is 0 Å². The Morgan fingerprint density at radius 2 is 1.81 bits per heavy atom. The van der Waals surface area contributed by atoms with Crippen molar-refractivity contribution in [3.05, 3.63) is 82.4 Å². The predicted octanol–water partition coefficient (Wildman–Crippen LogP) is 4.59. The van der Waals surface area contributed by atoms with Gasteiger partial charge in [0.1, 0.15) is 5.82 Å². The molecule has 1 amide bonds. The highest BCUT2D eigenvalue weighted by molar-refractivity contribution is 6.30. The molecule has 0 radical (unpaired) electrons. The van der Waals surface area contributed by atoms with Gasteiger partial charge in [0, 0.05) is 11.6 Å². The molecule has 2 aromatic carbocycles. The first-order valence-corrected chi connectivity index (χ1v) is 9.31. The molecular formula is C21H21ClFN3O. The van der Waals surface area contributed by atoms with Crippen molar-refractivity contribution in [2.24, 2.45) is 0 Å². The molecule has 3 aromatic rings. The number of hydrogen-bond acceptors (Lipinski definition) is 2. The van der Waals surface area contributed by atoms with Gasteiger partial charge in [0.2, 0.25) is 0 Å². The molecule has 140 valence electrons. The van der Waals surface area contributed by atoms with Crippen LogP contribution in [-0.4, -0.2) is 22.2 Å². The van der Waals surface area contributed by atoms with Crippen molar-refractivity contribution in [1.29, 1.82) is 0 Å². The second-order valence-corrected chi connectivity index (χ2v) is 6.71. The fraction of sp³-hybridized carbons (Fsp3) is 0.238. The van der Waals surface area contributed by atoms with Gasteiger partial charge in [0.25, 0.3) is 5.91 Å². The number of benzene rings is 2. The van der Waals surface area contributed by atoms with Crippen LogP contribution in [0.2, 0.25) is 5.02 Å². The van der Waals surface area contributed by atoms with Crippen LogP contribution in [0.25, 0.3) is 5.69 Å². The third-order valence-electron chi connectivity index (χ3n) is 4.28. The molecular weight excluding hydrogens is 365 g/mol. The van der Waals surface area contributed by atoms with Crippen molar-refractivity contribution in [1.82, 2.24) is 15.1 Å². The Balaban J connectivity index is 1.72. The maximum atomic E-state index is 13.0. The number of hydrogen-bond donors (Lipinski definition) is 1. The van der Waals surface area contributed by atoms with E-state index in [-0.39, 0.29) is 11.7 Å². The van der Waals surface area contributed by atoms with E-state index >= 15 is 0 Å². The molecule has 0 atom stereocenters. The molecule has 1 N–H and O–H groups in total. The Hall–Kier alpha value is -2.66. The van der Waals surface area contributed by atoms with Gasteiger partial charge in [-0.05, 0) is 54.8 Å². The number of carbonyl (C=O) groups is 1. The van der Waals surface area contributed by atoms with Crippen LogP contribution in [-0.2, 0) is 12.8 Å². The summed E-state index contributed by atoms with van der Waals surface area (Å²) in [5.41, 5.74) is 3.29. The first-order valence-electron chi connectivity index (χ1n) is 8.94. The quantitative estimate of drug-likeness (QED) is 0.646. The zero-order chi connectivity index (χ0) is 19.2. The summed E-state index contributed by atoms with van der Waals surface area (Å²) in [7, 11) is 0. The lowest BCUT2D eigenvalue weighted by molar-refractivity contribution is 0.0953. The zero-order valence-corrected chi connectivity index (χ0v) is 15.8. The molecule has 3 rings (SSSR count). The Bertz CT molecular complexity index is 904. The average Bonchev–Trinajstić information content (AvgIpc) is 3.08. The van der Waals surface area contributed by atoms with Gasteiger partial charge in [0.15, 0.2) is 0 Å². The number of rotatable bonds is 7. The molecule has 0 aliphatic heterocycles. The molecule has 1 heterocycles. The van der Waals surface area contributed by atoms with Gasteiger partial charge in [-0.3, -0.25) is 4.79 Å². The van der Waals surface area contributed by atoms with E-state index in [0.717, 1.165) is 29.8 Å². The lowest BCUT2D eigenvalue weighted by atomic mass is 10.1. The van der Waals surface area contributed by atoms with Gasteiger partial charge in [-0.15, -0.1) is 0 Å². The lowest BCUT2D eigenvalue weighted by Crippen LogP contribution is -2.26. The molecule has 4 nitrogen and oxygen atoms in total. The van der Waals surface area contributed by atoms with Crippen molar-refractivity contribution < 1.29 is 9.18 Å². The zero-order valence-electron chi connectivity index (χ0n) is 15.1. The van der Waals surface area contributed by atoms with Gasteiger partial charge >= 0.3 is 0 Å². The van der Waals surface area contributed by atoms with E-state index in [9.17, 15) is 9.18 Å². The Kier molecular flexibility index (Phi) is 6.24. The summed E-state index contributed by atoms with van der Waals surface area (Å²) in [5, 5.41) is 7.98. The third-order valence-corrected chi connectivity index (χ3v) is 4.54. The number of carbonyl (C=O) groups excluding carboxylic acids is 1. The van der Waals surface area contributed by atoms with E-state index in [1.54, 1.807) is 35.1 Å². The smallest absolute Gasteiger partial charge is 0.254 e. The fourth-order valence-electron chi connectivity index (χ4n) is 2.91. The minimum atomic E-state index is -0.262. The van der Waals surface area contributed by atoms with E-state index in [0.29, 0.717) is 23.6 Å². The minimum Gasteiger partial charge on any atom is -0.352 e. The highest BCUT2D eigenvalue weighted by Crippen LogP contribution is 2.19. The summed E-state index contributed by atoms with van der Waals surface area (Å²) in [6, 6.07) is 13.7. The van der Waals surface area contributed by atoms with Crippen LogP contribution in [0.4, 0.5) is 4.39 Å². The third kappa shape index (κ3) is 4.74. The average molecular weight is 386 g/mol. The van der Waals surface area contributed by atoms with Crippen molar-refractivity contribution in [2.75, 3.05) is 6.54 Å². The maximum Gasteiger partial charge on any atom is 0.254 e. The molecule has 0 unspecified atom stereocenters. The van der Waals surface area contributed by atoms with Crippen molar-refractivity contribution in [2.45, 2.75) is 26.2 Å². The highest BCUT2D eigenvalue weighted by atomic mass is 35.5. The predicted molar refractivity (Wildman–Crippen MR) is 105 cm³/mol. The van der Waals surface area contributed by atoms with Gasteiger partial charge in [-0.1, -0.05) is 37.1 Å². The topological polar surface area (TPSA) is 46.9 Å². The van der Waals surface area contributed by atoms with E-state index < -0.39 is 0 Å². The summed E-state index contributed by atoms with van der Waals surface area (Å²) < 4.78 is 14.7. The molecule has 0 spiro atoms. The second-order valence-electron chi connectivity index (χ2n) is 6.28. The molecule has 0 bridgehead atoms. The van der Waals surface area contributed by atoms with Crippen LogP contribution in [0.5, 0.6) is 0 Å². The fourth-order valence-corrected chi connectivity index (χ4v) is 3.04. The molecule has 0 aliphatic rings. The van der Waals surface area contributed by atoms with E-state index in [4.69, 9.17) is 11.6 Å². The van der Waals surface area contributed by atoms with Crippen LogP contribution in [0.1, 0.15) is 35.0 Å². The van der Waals surface area contributed by atoms with Gasteiger partial charge in [-0.25, -0.2) is 9.07 Å². The first-order chi connectivity index (χ1) is 13.1. The molecule has 0 aliphatic carbocycles. The van der Waals surface area contributed by atoms with Gasteiger partial charge in [0.05, 0.1) is 23.1 Å². The summed E-state index contributed by atoms with van der Waals surface area (Å²) >= 11 is 5.96. The molecule has 0 saturated heterocycles. The summed E-state index contributed by atoms with van der Waals surface area (Å²) in [5.74, 6) is -0.414. The van der Waals surface area contributed by atoms with E-state index in [1.807, 2.05) is 12.1 Å². The maximum absolute atomic E-state index is 13.0. The van der Waals surface area contributed by atoms with E-state index in [2.05, 4.69) is 17.3 Å². The first kappa shape index (κ1) is 19.1. The molecule has 27 heavy (non-hydrogen) atoms. The normalized spacial score (nSPS) is 10.8. The largest absolute Gasteiger partial charge is 0.352 e. The van der Waals surface area contributed by atoms with Gasteiger partial charge in [-0.2, -0.15) is 5.10 Å². The van der Waals surface area contributed by atoms with Crippen molar-refractivity contribution >= 4 is 17.5 Å². The van der Waals surface area contributed by atoms with Crippen molar-refractivity contribution in [3.63, 3.8) is 0 Å². The SMILES string of the molecule is CCCc1c(C(=O)NCCc2ccc(F)cc2)cnn1-c1ccc(Cl)cc1. The molecule has 6 heteroatoms. The minimum absolute atomic E-state index is 0.152. The number of aromatic nitrogens is 2. The monoisotopic (exact) mass is 385 g/mol. The standard InChI is InChI=1S/C21H21ClFN3O/c1-2-3-20-19(14-25-26(20)18-10-6-16(22)7-11-18)21(27)24-13-12-15-4-8-17(23)9-5-15/h4-11,14H,2-3,12-13H2,1H3,(H,24,27). The van der Waals surface area contributed by atoms with E-state index in [1.165, 1.54) is 12.1 Å².